The van der Waals surface area contributed by atoms with Crippen LogP contribution in [-0.4, -0.2) is 38.1 Å². The van der Waals surface area contributed by atoms with Crippen molar-refractivity contribution in [3.05, 3.63) is 23.2 Å². The molecule has 1 aromatic rings. The molecule has 0 saturated heterocycles. The summed E-state index contributed by atoms with van der Waals surface area (Å²) in [4.78, 5) is 11.6. The van der Waals surface area contributed by atoms with E-state index in [0.29, 0.717) is 0 Å². The Balaban J connectivity index is 2.59. The van der Waals surface area contributed by atoms with Crippen molar-refractivity contribution in [1.82, 2.24) is 0 Å². The van der Waals surface area contributed by atoms with Crippen molar-refractivity contribution in [2.45, 2.75) is 18.8 Å². The molecule has 136 valence electrons. The smallest absolute Gasteiger partial charge is 0.422 e. The van der Waals surface area contributed by atoms with Gasteiger partial charge in [0.25, 0.3) is 0 Å². The van der Waals surface area contributed by atoms with E-state index in [1.54, 1.807) is 0 Å². The predicted molar refractivity (Wildman–Crippen MR) is 73.1 cm³/mol. The number of rotatable bonds is 7. The topological polar surface area (TPSA) is 47.6 Å². The monoisotopic (exact) mass is 379 g/mol. The van der Waals surface area contributed by atoms with Crippen LogP contribution in [0.3, 0.4) is 0 Å². The minimum absolute atomic E-state index is 0.123. The third kappa shape index (κ3) is 8.82. The molecule has 0 unspecified atom stereocenters. The first-order chi connectivity index (χ1) is 11.0. The highest BCUT2D eigenvalue weighted by Crippen LogP contribution is 2.29. The van der Waals surface area contributed by atoms with Crippen molar-refractivity contribution in [2.24, 2.45) is 0 Å². The second-order valence-electron chi connectivity index (χ2n) is 4.51. The molecule has 0 fully saturated rings. The highest BCUT2D eigenvalue weighted by atomic mass is 35.5. The summed E-state index contributed by atoms with van der Waals surface area (Å²) in [6.07, 6.45) is -9.52. The maximum absolute atomic E-state index is 12.2. The Morgan fingerprint density at radius 2 is 1.71 bits per heavy atom. The Hall–Kier alpha value is -1.68. The summed E-state index contributed by atoms with van der Waals surface area (Å²) in [6.45, 7) is -3.59. The van der Waals surface area contributed by atoms with Crippen molar-refractivity contribution in [3.8, 4) is 5.75 Å². The van der Waals surface area contributed by atoms with Gasteiger partial charge in [0.1, 0.15) is 12.4 Å². The van der Waals surface area contributed by atoms with Crippen LogP contribution in [0.25, 0.3) is 0 Å². The standard InChI is InChI=1S/C13H12ClF6NO3/c14-8-1-2-10(24-7-13(18,19)20)9(5-8)21-11(22)3-4-23-6-12(15,16)17/h1-2,5H,3-4,6-7H2,(H,21,22). The normalized spacial score (nSPS) is 12.1. The number of carbonyl (C=O) groups is 1. The zero-order valence-electron chi connectivity index (χ0n) is 11.9. The van der Waals surface area contributed by atoms with Gasteiger partial charge in [0.2, 0.25) is 5.91 Å². The maximum atomic E-state index is 12.2. The number of ether oxygens (including phenoxy) is 2. The third-order valence-electron chi connectivity index (χ3n) is 2.35. The highest BCUT2D eigenvalue weighted by Gasteiger charge is 2.29. The molecule has 0 aliphatic rings. The fourth-order valence-corrected chi connectivity index (χ4v) is 1.62. The maximum Gasteiger partial charge on any atom is 0.422 e. The average molecular weight is 380 g/mol. The summed E-state index contributed by atoms with van der Waals surface area (Å²) >= 11 is 5.69. The fraction of sp³-hybridized carbons (Fsp3) is 0.462. The van der Waals surface area contributed by atoms with Crippen LogP contribution in [0, 0.1) is 0 Å². The molecule has 0 atom stereocenters. The van der Waals surface area contributed by atoms with Gasteiger partial charge in [0, 0.05) is 5.02 Å². The van der Waals surface area contributed by atoms with Crippen molar-refractivity contribution < 1.29 is 40.6 Å². The van der Waals surface area contributed by atoms with Gasteiger partial charge in [0.15, 0.2) is 6.61 Å². The largest absolute Gasteiger partial charge is 0.482 e. The van der Waals surface area contributed by atoms with Gasteiger partial charge in [-0.1, -0.05) is 11.6 Å². The number of hydrogen-bond donors (Lipinski definition) is 1. The van der Waals surface area contributed by atoms with Gasteiger partial charge in [-0.05, 0) is 18.2 Å². The molecular formula is C13H12ClF6NO3. The third-order valence-corrected chi connectivity index (χ3v) is 2.58. The molecule has 0 aromatic heterocycles. The van der Waals surface area contributed by atoms with E-state index in [4.69, 9.17) is 11.6 Å². The number of amides is 1. The Morgan fingerprint density at radius 3 is 2.29 bits per heavy atom. The van der Waals surface area contributed by atoms with Gasteiger partial charge >= 0.3 is 12.4 Å². The Bertz CT molecular complexity index is 562. The first kappa shape index (κ1) is 20.4. The van der Waals surface area contributed by atoms with Gasteiger partial charge in [-0.15, -0.1) is 0 Å². The van der Waals surface area contributed by atoms with E-state index in [9.17, 15) is 31.1 Å². The van der Waals surface area contributed by atoms with Crippen molar-refractivity contribution in [1.29, 1.82) is 0 Å². The summed E-state index contributed by atoms with van der Waals surface area (Å²) in [6, 6.07) is 3.54. The van der Waals surface area contributed by atoms with Crippen LogP contribution in [0.15, 0.2) is 18.2 Å². The molecule has 0 heterocycles. The van der Waals surface area contributed by atoms with Gasteiger partial charge < -0.3 is 14.8 Å². The zero-order chi connectivity index (χ0) is 18.4. The zero-order valence-corrected chi connectivity index (χ0v) is 12.7. The quantitative estimate of drug-likeness (QED) is 0.571. The molecule has 0 radical (unpaired) electrons. The molecule has 0 saturated carbocycles. The molecule has 0 bridgehead atoms. The molecular weight excluding hydrogens is 368 g/mol. The molecule has 0 aliphatic carbocycles. The molecule has 11 heteroatoms. The van der Waals surface area contributed by atoms with Crippen LogP contribution >= 0.6 is 11.6 Å². The lowest BCUT2D eigenvalue weighted by Gasteiger charge is -2.14. The van der Waals surface area contributed by atoms with Crippen LogP contribution in [0.1, 0.15) is 6.42 Å². The molecule has 1 aromatic carbocycles. The van der Waals surface area contributed by atoms with E-state index < -0.39 is 44.5 Å². The first-order valence-corrected chi connectivity index (χ1v) is 6.77. The molecule has 1 amide bonds. The molecule has 4 nitrogen and oxygen atoms in total. The van der Waals surface area contributed by atoms with E-state index in [2.05, 4.69) is 14.8 Å². The van der Waals surface area contributed by atoms with E-state index in [-0.39, 0.29) is 16.5 Å². The number of alkyl halides is 6. The number of anilines is 1. The average Bonchev–Trinajstić information content (AvgIpc) is 2.41. The first-order valence-electron chi connectivity index (χ1n) is 6.40. The second-order valence-corrected chi connectivity index (χ2v) is 4.95. The summed E-state index contributed by atoms with van der Waals surface area (Å²) < 4.78 is 80.9. The van der Waals surface area contributed by atoms with E-state index in [0.717, 1.165) is 12.1 Å². The van der Waals surface area contributed by atoms with Crippen LogP contribution in [0.2, 0.25) is 5.02 Å². The van der Waals surface area contributed by atoms with Gasteiger partial charge in [-0.3, -0.25) is 4.79 Å². The number of nitrogens with one attached hydrogen (secondary N) is 1. The predicted octanol–water partition coefficient (Wildman–Crippen LogP) is 4.19. The SMILES string of the molecule is O=C(CCOCC(F)(F)F)Nc1cc(Cl)ccc1OCC(F)(F)F. The van der Waals surface area contributed by atoms with Crippen molar-refractivity contribution in [2.75, 3.05) is 25.1 Å². The molecule has 0 spiro atoms. The Morgan fingerprint density at radius 1 is 1.08 bits per heavy atom. The van der Waals surface area contributed by atoms with E-state index in [1.165, 1.54) is 6.07 Å². The second kappa shape index (κ2) is 8.43. The summed E-state index contributed by atoms with van der Waals surface area (Å²) in [7, 11) is 0. The number of carbonyl (C=O) groups excluding carboxylic acids is 1. The van der Waals surface area contributed by atoms with Crippen LogP contribution in [-0.2, 0) is 9.53 Å². The molecule has 1 rings (SSSR count). The van der Waals surface area contributed by atoms with Gasteiger partial charge in [0.05, 0.1) is 18.7 Å². The fourth-order valence-electron chi connectivity index (χ4n) is 1.45. The Labute approximate surface area is 137 Å². The van der Waals surface area contributed by atoms with E-state index in [1.807, 2.05) is 0 Å². The lowest BCUT2D eigenvalue weighted by atomic mass is 10.2. The van der Waals surface area contributed by atoms with Crippen LogP contribution < -0.4 is 10.1 Å². The van der Waals surface area contributed by atoms with Gasteiger partial charge in [-0.2, -0.15) is 26.3 Å². The summed E-state index contributed by atoms with van der Waals surface area (Å²) in [5.41, 5.74) is -0.132. The number of benzene rings is 1. The van der Waals surface area contributed by atoms with Gasteiger partial charge in [-0.25, -0.2) is 0 Å². The lowest BCUT2D eigenvalue weighted by molar-refractivity contribution is -0.174. The van der Waals surface area contributed by atoms with Crippen molar-refractivity contribution in [3.63, 3.8) is 0 Å². The van der Waals surface area contributed by atoms with E-state index >= 15 is 0 Å². The molecule has 0 aliphatic heterocycles. The minimum Gasteiger partial charge on any atom is -0.482 e. The van der Waals surface area contributed by atoms with Crippen molar-refractivity contribution >= 4 is 23.2 Å². The number of halogens is 7. The van der Waals surface area contributed by atoms with Crippen LogP contribution in [0.4, 0.5) is 32.0 Å². The minimum atomic E-state index is -4.58. The molecule has 24 heavy (non-hydrogen) atoms. The summed E-state index contributed by atoms with van der Waals surface area (Å²) in [5.74, 6) is -1.04. The highest BCUT2D eigenvalue weighted by molar-refractivity contribution is 6.31. The summed E-state index contributed by atoms with van der Waals surface area (Å²) in [5, 5.41) is 2.33. The number of hydrogen-bond acceptors (Lipinski definition) is 3. The Kier molecular flexibility index (Phi) is 7.15. The molecule has 1 N–H and O–H groups in total. The lowest BCUT2D eigenvalue weighted by Crippen LogP contribution is -2.21. The van der Waals surface area contributed by atoms with Crippen LogP contribution in [0.5, 0.6) is 5.75 Å².